The molecular weight excluding hydrogens is 324 g/mol. The van der Waals surface area contributed by atoms with Gasteiger partial charge in [0.1, 0.15) is 17.7 Å². The molecule has 0 aromatic heterocycles. The van der Waals surface area contributed by atoms with Crippen LogP contribution >= 0.6 is 0 Å². The number of carbonyl (C=O) groups excluding carboxylic acids is 3. The predicted molar refractivity (Wildman–Crippen MR) is 77.6 cm³/mol. The van der Waals surface area contributed by atoms with E-state index >= 15 is 0 Å². The highest BCUT2D eigenvalue weighted by Crippen LogP contribution is 2.33. The lowest BCUT2D eigenvalue weighted by molar-refractivity contribution is -0.160. The van der Waals surface area contributed by atoms with Gasteiger partial charge >= 0.3 is 11.9 Å². The third-order valence-corrected chi connectivity index (χ3v) is 3.72. The van der Waals surface area contributed by atoms with Crippen LogP contribution in [-0.2, 0) is 23.9 Å². The lowest BCUT2D eigenvalue weighted by Gasteiger charge is -2.30. The van der Waals surface area contributed by atoms with Crippen molar-refractivity contribution in [2.45, 2.75) is 31.8 Å². The number of ether oxygens (including phenoxy) is 2. The summed E-state index contributed by atoms with van der Waals surface area (Å²) in [5.74, 6) is -3.87. The summed E-state index contributed by atoms with van der Waals surface area (Å²) in [6.07, 6.45) is 0.173. The molecule has 8 heteroatoms. The van der Waals surface area contributed by atoms with Gasteiger partial charge in [-0.25, -0.2) is 18.4 Å². The second-order valence-electron chi connectivity index (χ2n) is 5.24. The quantitative estimate of drug-likeness (QED) is 0.763. The Hall–Kier alpha value is -2.51. The van der Waals surface area contributed by atoms with Crippen molar-refractivity contribution in [1.29, 1.82) is 0 Å². The highest BCUT2D eigenvalue weighted by atomic mass is 19.1. The van der Waals surface area contributed by atoms with Crippen LogP contribution in [-0.4, -0.2) is 42.5 Å². The van der Waals surface area contributed by atoms with Crippen LogP contribution in [0.4, 0.5) is 8.78 Å². The second kappa shape index (κ2) is 7.37. The van der Waals surface area contributed by atoms with Crippen LogP contribution in [0.3, 0.4) is 0 Å². The Kier molecular flexibility index (Phi) is 5.48. The molecule has 1 saturated heterocycles. The maximum Gasteiger partial charge on any atom is 0.333 e. The number of nitrogens with zero attached hydrogens (tertiary/aromatic N) is 1. The van der Waals surface area contributed by atoms with Crippen LogP contribution in [0.15, 0.2) is 18.2 Å². The van der Waals surface area contributed by atoms with Gasteiger partial charge in [0.15, 0.2) is 6.04 Å². The van der Waals surface area contributed by atoms with Crippen LogP contribution in [0.5, 0.6) is 0 Å². The van der Waals surface area contributed by atoms with E-state index in [4.69, 9.17) is 4.74 Å². The van der Waals surface area contributed by atoms with E-state index in [1.807, 2.05) is 0 Å². The summed E-state index contributed by atoms with van der Waals surface area (Å²) in [6.45, 7) is 1.57. The molecule has 2 atom stereocenters. The van der Waals surface area contributed by atoms with Gasteiger partial charge in [-0.1, -0.05) is 0 Å². The number of halogens is 2. The van der Waals surface area contributed by atoms with Crippen molar-refractivity contribution in [3.05, 3.63) is 35.4 Å². The number of hydrogen-bond donors (Lipinski definition) is 0. The van der Waals surface area contributed by atoms with Gasteiger partial charge in [0, 0.05) is 12.5 Å². The van der Waals surface area contributed by atoms with E-state index in [1.54, 1.807) is 6.92 Å². The van der Waals surface area contributed by atoms with Crippen molar-refractivity contribution in [3.63, 3.8) is 0 Å². The first kappa shape index (κ1) is 17.8. The molecule has 1 heterocycles. The van der Waals surface area contributed by atoms with Crippen LogP contribution in [0.2, 0.25) is 0 Å². The Labute approximate surface area is 137 Å². The van der Waals surface area contributed by atoms with Gasteiger partial charge in [0.2, 0.25) is 5.91 Å². The van der Waals surface area contributed by atoms with Crippen LogP contribution in [0.1, 0.15) is 31.4 Å². The topological polar surface area (TPSA) is 72.9 Å². The fraction of sp³-hybridized carbons (Fsp3) is 0.438. The molecule has 1 aliphatic rings. The van der Waals surface area contributed by atoms with Crippen LogP contribution < -0.4 is 0 Å². The smallest absolute Gasteiger partial charge is 0.333 e. The Morgan fingerprint density at radius 2 is 1.92 bits per heavy atom. The standard InChI is InChI=1S/C16H17F2NO5/c1-3-24-16(22)14(9-6-10(17)8-11(18)7-9)19-12(15(21)23-2)4-5-13(19)20/h6-8,12,14H,3-5H2,1-2H3. The molecule has 2 unspecified atom stereocenters. The Morgan fingerprint density at radius 1 is 1.29 bits per heavy atom. The summed E-state index contributed by atoms with van der Waals surface area (Å²) >= 11 is 0. The van der Waals surface area contributed by atoms with Gasteiger partial charge in [0.25, 0.3) is 0 Å². The zero-order chi connectivity index (χ0) is 17.9. The molecule has 0 spiro atoms. The molecule has 0 saturated carbocycles. The van der Waals surface area contributed by atoms with Crippen molar-refractivity contribution < 1.29 is 32.6 Å². The van der Waals surface area contributed by atoms with E-state index in [9.17, 15) is 23.2 Å². The average Bonchev–Trinajstić information content (AvgIpc) is 2.88. The number of benzene rings is 1. The Balaban J connectivity index is 2.50. The molecule has 1 fully saturated rings. The minimum atomic E-state index is -1.42. The van der Waals surface area contributed by atoms with Gasteiger partial charge in [-0.05, 0) is 31.0 Å². The predicted octanol–water partition coefficient (Wildman–Crippen LogP) is 1.73. The molecule has 130 valence electrons. The third-order valence-electron chi connectivity index (χ3n) is 3.72. The number of hydrogen-bond acceptors (Lipinski definition) is 5. The van der Waals surface area contributed by atoms with Crippen molar-refractivity contribution in [2.75, 3.05) is 13.7 Å². The van der Waals surface area contributed by atoms with E-state index < -0.39 is 41.6 Å². The maximum atomic E-state index is 13.6. The van der Waals surface area contributed by atoms with Gasteiger partial charge in [0.05, 0.1) is 13.7 Å². The molecule has 0 bridgehead atoms. The molecule has 1 aliphatic heterocycles. The summed E-state index contributed by atoms with van der Waals surface area (Å²) < 4.78 is 36.7. The summed E-state index contributed by atoms with van der Waals surface area (Å²) in [4.78, 5) is 37.5. The molecule has 0 N–H and O–H groups in total. The normalized spacial score (nSPS) is 18.4. The zero-order valence-electron chi connectivity index (χ0n) is 13.3. The van der Waals surface area contributed by atoms with Crippen molar-refractivity contribution in [2.24, 2.45) is 0 Å². The number of rotatable bonds is 5. The van der Waals surface area contributed by atoms with Gasteiger partial charge in [-0.2, -0.15) is 0 Å². The largest absolute Gasteiger partial charge is 0.467 e. The monoisotopic (exact) mass is 341 g/mol. The molecule has 0 radical (unpaired) electrons. The van der Waals surface area contributed by atoms with Crippen LogP contribution in [0.25, 0.3) is 0 Å². The van der Waals surface area contributed by atoms with Gasteiger partial charge in [-0.3, -0.25) is 4.79 Å². The van der Waals surface area contributed by atoms with Gasteiger partial charge < -0.3 is 14.4 Å². The number of esters is 2. The lowest BCUT2D eigenvalue weighted by Crippen LogP contribution is -2.45. The molecule has 1 amide bonds. The first-order valence-electron chi connectivity index (χ1n) is 7.40. The number of methoxy groups -OCH3 is 1. The van der Waals surface area contributed by atoms with E-state index in [2.05, 4.69) is 4.74 Å². The SMILES string of the molecule is CCOC(=O)C(c1cc(F)cc(F)c1)N1C(=O)CCC1C(=O)OC. The first-order chi connectivity index (χ1) is 11.4. The molecule has 1 aromatic rings. The highest BCUT2D eigenvalue weighted by molar-refractivity contribution is 5.92. The molecule has 1 aromatic carbocycles. The fourth-order valence-corrected chi connectivity index (χ4v) is 2.76. The maximum absolute atomic E-state index is 13.6. The molecule has 2 rings (SSSR count). The van der Waals surface area contributed by atoms with Crippen molar-refractivity contribution >= 4 is 17.8 Å². The number of amides is 1. The third kappa shape index (κ3) is 3.52. The first-order valence-corrected chi connectivity index (χ1v) is 7.40. The van der Waals surface area contributed by atoms with E-state index in [0.717, 1.165) is 24.1 Å². The minimum absolute atomic E-state index is 0.0120. The zero-order valence-corrected chi connectivity index (χ0v) is 13.3. The summed E-state index contributed by atoms with van der Waals surface area (Å²) in [5.41, 5.74) is -0.102. The Bertz CT molecular complexity index is 644. The van der Waals surface area contributed by atoms with Crippen molar-refractivity contribution in [1.82, 2.24) is 4.90 Å². The second-order valence-corrected chi connectivity index (χ2v) is 5.24. The lowest BCUT2D eigenvalue weighted by atomic mass is 10.0. The molecule has 24 heavy (non-hydrogen) atoms. The number of carbonyl (C=O) groups is 3. The Morgan fingerprint density at radius 3 is 2.46 bits per heavy atom. The van der Waals surface area contributed by atoms with E-state index in [0.29, 0.717) is 6.07 Å². The number of likely N-dealkylation sites (tertiary alicyclic amines) is 1. The average molecular weight is 341 g/mol. The molecular formula is C16H17F2NO5. The van der Waals surface area contributed by atoms with E-state index in [1.165, 1.54) is 0 Å². The summed E-state index contributed by atoms with van der Waals surface area (Å²) in [5, 5.41) is 0. The van der Waals surface area contributed by atoms with Crippen molar-refractivity contribution in [3.8, 4) is 0 Å². The van der Waals surface area contributed by atoms with E-state index in [-0.39, 0.29) is 25.0 Å². The summed E-state index contributed by atoms with van der Waals surface area (Å²) in [7, 11) is 1.16. The molecule has 0 aliphatic carbocycles. The van der Waals surface area contributed by atoms with Gasteiger partial charge in [-0.15, -0.1) is 0 Å². The minimum Gasteiger partial charge on any atom is -0.467 e. The fourth-order valence-electron chi connectivity index (χ4n) is 2.76. The molecule has 6 nitrogen and oxygen atoms in total. The highest BCUT2D eigenvalue weighted by Gasteiger charge is 2.45. The summed E-state index contributed by atoms with van der Waals surface area (Å²) in [6, 6.07) is 0.0855. The van der Waals surface area contributed by atoms with Crippen LogP contribution in [0, 0.1) is 11.6 Å².